The summed E-state index contributed by atoms with van der Waals surface area (Å²) in [7, 11) is -3.75. The fourth-order valence-corrected chi connectivity index (χ4v) is 3.56. The highest BCUT2D eigenvalue weighted by molar-refractivity contribution is 9.10. The highest BCUT2D eigenvalue weighted by atomic mass is 79.9. The van der Waals surface area contributed by atoms with E-state index >= 15 is 0 Å². The van der Waals surface area contributed by atoms with Crippen molar-refractivity contribution in [1.29, 1.82) is 0 Å². The number of carbonyl (C=O) groups is 2. The zero-order chi connectivity index (χ0) is 20.1. The number of hydrogen-bond donors (Lipinski definition) is 2. The maximum Gasteiger partial charge on any atom is 0.339 e. The average Bonchev–Trinajstić information content (AvgIpc) is 2.51. The second-order valence-corrected chi connectivity index (χ2v) is 9.16. The van der Waals surface area contributed by atoms with Crippen LogP contribution in [0.1, 0.15) is 45.0 Å². The molecule has 26 heavy (non-hydrogen) atoms. The van der Waals surface area contributed by atoms with Gasteiger partial charge in [-0.15, -0.1) is 0 Å². The molecule has 0 unspecified atom stereocenters. The normalized spacial score (nSPS) is 12.9. The minimum Gasteiger partial charge on any atom is -0.452 e. The van der Waals surface area contributed by atoms with Gasteiger partial charge < -0.3 is 10.1 Å². The Hall–Kier alpha value is -1.45. The Morgan fingerprint density at radius 2 is 1.77 bits per heavy atom. The zero-order valence-corrected chi connectivity index (χ0v) is 17.9. The lowest BCUT2D eigenvalue weighted by Crippen LogP contribution is -2.38. The van der Waals surface area contributed by atoms with Crippen LogP contribution in [0, 0.1) is 5.92 Å². The van der Waals surface area contributed by atoms with Crippen LogP contribution >= 0.6 is 15.9 Å². The van der Waals surface area contributed by atoms with Crippen molar-refractivity contribution in [3.8, 4) is 0 Å². The molecule has 0 aliphatic rings. The van der Waals surface area contributed by atoms with Gasteiger partial charge in [-0.2, -0.15) is 0 Å². The molecule has 0 heterocycles. The van der Waals surface area contributed by atoms with E-state index in [2.05, 4.69) is 26.0 Å². The molecule has 1 atom stereocenters. The van der Waals surface area contributed by atoms with Gasteiger partial charge in [-0.3, -0.25) is 4.79 Å². The van der Waals surface area contributed by atoms with E-state index in [4.69, 9.17) is 4.74 Å². The first-order chi connectivity index (χ1) is 11.9. The fraction of sp³-hybridized carbons (Fsp3) is 0.529. The minimum absolute atomic E-state index is 0.0290. The van der Waals surface area contributed by atoms with Crippen molar-refractivity contribution in [1.82, 2.24) is 10.0 Å². The molecule has 0 saturated carbocycles. The zero-order valence-electron chi connectivity index (χ0n) is 15.5. The van der Waals surface area contributed by atoms with Gasteiger partial charge >= 0.3 is 5.97 Å². The van der Waals surface area contributed by atoms with E-state index in [9.17, 15) is 18.0 Å². The summed E-state index contributed by atoms with van der Waals surface area (Å²) in [5.74, 6) is -0.953. The molecule has 146 valence electrons. The van der Waals surface area contributed by atoms with Crippen molar-refractivity contribution in [3.63, 3.8) is 0 Å². The summed E-state index contributed by atoms with van der Waals surface area (Å²) in [5, 5.41) is 2.72. The van der Waals surface area contributed by atoms with Gasteiger partial charge in [-0.25, -0.2) is 17.9 Å². The fourth-order valence-electron chi connectivity index (χ4n) is 1.88. The van der Waals surface area contributed by atoms with Crippen LogP contribution in [0.4, 0.5) is 0 Å². The van der Waals surface area contributed by atoms with Gasteiger partial charge in [-0.1, -0.05) is 13.8 Å². The number of rotatable bonds is 8. The Morgan fingerprint density at radius 3 is 2.31 bits per heavy atom. The molecule has 1 amide bonds. The number of carbonyl (C=O) groups excluding carboxylic acids is 2. The maximum atomic E-state index is 12.2. The van der Waals surface area contributed by atoms with Crippen LogP contribution in [0.3, 0.4) is 0 Å². The van der Waals surface area contributed by atoms with Gasteiger partial charge in [0.1, 0.15) is 0 Å². The molecular formula is C17H25BrN2O5S. The molecule has 0 aromatic heterocycles. The summed E-state index contributed by atoms with van der Waals surface area (Å²) < 4.78 is 32.3. The Bertz CT molecular complexity index is 762. The number of amides is 1. The molecule has 1 aromatic rings. The Morgan fingerprint density at radius 1 is 1.15 bits per heavy atom. The molecule has 2 N–H and O–H groups in total. The van der Waals surface area contributed by atoms with Gasteiger partial charge in [0, 0.05) is 16.6 Å². The largest absolute Gasteiger partial charge is 0.452 e. The summed E-state index contributed by atoms with van der Waals surface area (Å²) in [4.78, 5) is 24.0. The summed E-state index contributed by atoms with van der Waals surface area (Å²) in [6.07, 6.45) is 0. The molecule has 9 heteroatoms. The van der Waals surface area contributed by atoms with Crippen LogP contribution in [0.2, 0.25) is 0 Å². The van der Waals surface area contributed by atoms with Crippen LogP contribution in [0.25, 0.3) is 0 Å². The molecule has 0 aliphatic carbocycles. The van der Waals surface area contributed by atoms with E-state index in [0.717, 1.165) is 0 Å². The molecule has 7 nitrogen and oxygen atoms in total. The number of esters is 1. The molecular weight excluding hydrogens is 424 g/mol. The molecule has 0 spiro atoms. The van der Waals surface area contributed by atoms with Crippen molar-refractivity contribution in [2.75, 3.05) is 6.61 Å². The van der Waals surface area contributed by atoms with Crippen LogP contribution in [0.5, 0.6) is 0 Å². The van der Waals surface area contributed by atoms with E-state index in [1.807, 2.05) is 20.8 Å². The standard InChI is InChI=1S/C17H25BrN2O5S/c1-10(2)12(5)19-16(21)9-25-17(22)14-8-13(6-7-15(14)18)26(23,24)20-11(3)4/h6-8,10-12,20H,9H2,1-5H3,(H,19,21)/t12-/m1/s1. The van der Waals surface area contributed by atoms with Gasteiger partial charge in [0.15, 0.2) is 6.61 Å². The third kappa shape index (κ3) is 6.69. The average molecular weight is 449 g/mol. The SMILES string of the molecule is CC(C)NS(=O)(=O)c1ccc(Br)c(C(=O)OCC(=O)N[C@H](C)C(C)C)c1. The van der Waals surface area contributed by atoms with E-state index in [0.29, 0.717) is 4.47 Å². The molecule has 0 aliphatic heterocycles. The first-order valence-electron chi connectivity index (χ1n) is 8.22. The lowest BCUT2D eigenvalue weighted by Gasteiger charge is -2.17. The summed E-state index contributed by atoms with van der Waals surface area (Å²) in [6, 6.07) is 3.70. The van der Waals surface area contributed by atoms with E-state index in [1.54, 1.807) is 13.8 Å². The second-order valence-electron chi connectivity index (χ2n) is 6.59. The van der Waals surface area contributed by atoms with Crippen LogP contribution < -0.4 is 10.0 Å². The Labute approximate surface area is 163 Å². The summed E-state index contributed by atoms with van der Waals surface area (Å²) in [5.41, 5.74) is 0.0290. The topological polar surface area (TPSA) is 102 Å². The molecule has 0 bridgehead atoms. The maximum absolute atomic E-state index is 12.2. The highest BCUT2D eigenvalue weighted by Gasteiger charge is 2.21. The first-order valence-corrected chi connectivity index (χ1v) is 10.5. The quantitative estimate of drug-likeness (QED) is 0.594. The lowest BCUT2D eigenvalue weighted by molar-refractivity contribution is -0.125. The number of benzene rings is 1. The minimum atomic E-state index is -3.75. The monoisotopic (exact) mass is 448 g/mol. The van der Waals surface area contributed by atoms with Crippen molar-refractivity contribution >= 4 is 37.8 Å². The molecule has 0 fully saturated rings. The smallest absolute Gasteiger partial charge is 0.339 e. The van der Waals surface area contributed by atoms with E-state index < -0.39 is 28.5 Å². The highest BCUT2D eigenvalue weighted by Crippen LogP contribution is 2.22. The Kier molecular flexibility index (Phi) is 8.23. The number of hydrogen-bond acceptors (Lipinski definition) is 5. The van der Waals surface area contributed by atoms with Crippen LogP contribution in [-0.2, 0) is 19.6 Å². The summed E-state index contributed by atoms with van der Waals surface area (Å²) in [6.45, 7) is 8.74. The van der Waals surface area contributed by atoms with Gasteiger partial charge in [0.05, 0.1) is 10.5 Å². The van der Waals surface area contributed by atoms with Crippen LogP contribution in [-0.4, -0.2) is 39.0 Å². The first kappa shape index (κ1) is 22.6. The summed E-state index contributed by atoms with van der Waals surface area (Å²) >= 11 is 3.20. The van der Waals surface area contributed by atoms with Gasteiger partial charge in [-0.05, 0) is 60.8 Å². The number of nitrogens with one attached hydrogen (secondary N) is 2. The predicted octanol–water partition coefficient (Wildman–Crippen LogP) is 2.45. The molecule has 1 rings (SSSR count). The molecule has 1 aromatic carbocycles. The van der Waals surface area contributed by atoms with Gasteiger partial charge in [0.25, 0.3) is 5.91 Å². The van der Waals surface area contributed by atoms with Crippen molar-refractivity contribution in [3.05, 3.63) is 28.2 Å². The second kappa shape index (κ2) is 9.48. The van der Waals surface area contributed by atoms with Crippen molar-refractivity contribution in [2.45, 2.75) is 51.6 Å². The van der Waals surface area contributed by atoms with E-state index in [1.165, 1.54) is 18.2 Å². The third-order valence-corrected chi connectivity index (χ3v) is 5.93. The Balaban J connectivity index is 2.87. The predicted molar refractivity (Wildman–Crippen MR) is 102 cm³/mol. The van der Waals surface area contributed by atoms with E-state index in [-0.39, 0.29) is 28.5 Å². The van der Waals surface area contributed by atoms with Gasteiger partial charge in [0.2, 0.25) is 10.0 Å². The number of sulfonamides is 1. The number of halogens is 1. The van der Waals surface area contributed by atoms with Crippen molar-refractivity contribution < 1.29 is 22.7 Å². The van der Waals surface area contributed by atoms with Crippen LogP contribution in [0.15, 0.2) is 27.6 Å². The molecule has 0 saturated heterocycles. The molecule has 0 radical (unpaired) electrons. The third-order valence-electron chi connectivity index (χ3n) is 3.58. The van der Waals surface area contributed by atoms with Crippen molar-refractivity contribution in [2.24, 2.45) is 5.92 Å². The number of ether oxygens (including phenoxy) is 1. The lowest BCUT2D eigenvalue weighted by atomic mass is 10.1.